The Hall–Kier alpha value is -3.77. The van der Waals surface area contributed by atoms with Crippen LogP contribution in [0.5, 0.6) is 5.75 Å². The number of benzene rings is 3. The van der Waals surface area contributed by atoms with Gasteiger partial charge in [-0.05, 0) is 75.5 Å². The van der Waals surface area contributed by atoms with E-state index in [0.29, 0.717) is 17.8 Å². The normalized spacial score (nSPS) is 12.2. The van der Waals surface area contributed by atoms with Gasteiger partial charge in [0.25, 0.3) is 5.91 Å². The minimum Gasteiger partial charge on any atom is -0.507 e. The van der Waals surface area contributed by atoms with Crippen molar-refractivity contribution in [1.82, 2.24) is 15.6 Å². The Morgan fingerprint density at radius 1 is 1.08 bits per heavy atom. The molecule has 3 aromatic carbocycles. The molecule has 0 spiro atoms. The van der Waals surface area contributed by atoms with Crippen molar-refractivity contribution in [2.45, 2.75) is 12.3 Å². The highest BCUT2D eigenvalue weighted by atomic mass is 79.9. The van der Waals surface area contributed by atoms with Gasteiger partial charge in [-0.25, -0.2) is 9.02 Å². The Morgan fingerprint density at radius 2 is 1.89 bits per heavy atom. The maximum Gasteiger partial charge on any atom is 0.255 e. The number of halogens is 3. The molecule has 1 aromatic heterocycles. The Morgan fingerprint density at radius 3 is 2.62 bits per heavy atom. The van der Waals surface area contributed by atoms with Crippen LogP contribution in [0, 0.1) is 5.82 Å². The number of hydrogen-bond acceptors (Lipinski definition) is 7. The fraction of sp³-hybridized carbons (Fsp3) is 0.120. The number of aromatic nitrogens is 2. The molecule has 1 atom stereocenters. The highest BCUT2D eigenvalue weighted by molar-refractivity contribution is 9.10. The molecule has 0 bridgehead atoms. The molecule has 1 heterocycles. The minimum atomic E-state index is -0.447. The number of phenols is 1. The Balaban J connectivity index is 1.60. The second-order valence-corrected chi connectivity index (χ2v) is 9.64. The zero-order chi connectivity index (χ0) is 26.4. The Kier molecular flexibility index (Phi) is 8.51. The molecule has 37 heavy (non-hydrogen) atoms. The first-order valence-corrected chi connectivity index (χ1v) is 12.5. The molecule has 0 saturated carbocycles. The molecule has 0 aliphatic rings. The summed E-state index contributed by atoms with van der Waals surface area (Å²) in [6.07, 6.45) is 0.373. The van der Waals surface area contributed by atoms with E-state index in [0.717, 1.165) is 10.0 Å². The van der Waals surface area contributed by atoms with Gasteiger partial charge in [0, 0.05) is 22.6 Å². The molecule has 0 saturated heterocycles. The van der Waals surface area contributed by atoms with Crippen molar-refractivity contribution in [3.8, 4) is 5.75 Å². The topological polar surface area (TPSA) is 133 Å². The lowest BCUT2D eigenvalue weighted by Gasteiger charge is -2.17. The first-order valence-electron chi connectivity index (χ1n) is 11.0. The number of nitrogens with zero attached hydrogens (tertiary/aromatic N) is 3. The summed E-state index contributed by atoms with van der Waals surface area (Å²) in [5.41, 5.74) is 1.93. The molecule has 12 heteroatoms. The molecular weight excluding hydrogens is 613 g/mol. The lowest BCUT2D eigenvalue weighted by atomic mass is 9.91. The summed E-state index contributed by atoms with van der Waals surface area (Å²) in [5.74, 6) is -1.48. The van der Waals surface area contributed by atoms with Crippen LogP contribution in [0.4, 0.5) is 10.1 Å². The largest absolute Gasteiger partial charge is 0.507 e. The van der Waals surface area contributed by atoms with Gasteiger partial charge in [0.15, 0.2) is 5.69 Å². The van der Waals surface area contributed by atoms with Crippen LogP contribution in [0.1, 0.15) is 39.6 Å². The predicted octanol–water partition coefficient (Wildman–Crippen LogP) is 5.64. The number of amides is 1. The van der Waals surface area contributed by atoms with E-state index < -0.39 is 17.6 Å². The van der Waals surface area contributed by atoms with Gasteiger partial charge in [-0.1, -0.05) is 50.5 Å². The second kappa shape index (κ2) is 12.0. The van der Waals surface area contributed by atoms with E-state index in [4.69, 9.17) is 4.63 Å². The molecule has 9 nitrogen and oxygen atoms in total. The molecule has 190 valence electrons. The molecular formula is C25H20Br2FN5O4. The van der Waals surface area contributed by atoms with Crippen molar-refractivity contribution in [3.05, 3.63) is 104 Å². The van der Waals surface area contributed by atoms with E-state index in [1.807, 2.05) is 24.3 Å². The molecule has 4 N–H and O–H groups in total. The first kappa shape index (κ1) is 26.3. The molecule has 0 aliphatic carbocycles. The quantitative estimate of drug-likeness (QED) is 0.0855. The number of oxime groups is 1. The Labute approximate surface area is 227 Å². The zero-order valence-electron chi connectivity index (χ0n) is 19.0. The smallest absolute Gasteiger partial charge is 0.255 e. The van der Waals surface area contributed by atoms with Crippen LogP contribution in [0.3, 0.4) is 0 Å². The molecule has 1 amide bonds. The van der Waals surface area contributed by atoms with Crippen LogP contribution in [0.15, 0.2) is 85.5 Å². The lowest BCUT2D eigenvalue weighted by Crippen LogP contribution is -2.26. The number of phenolic OH excluding ortho intramolecular Hbond substituents is 1. The van der Waals surface area contributed by atoms with Crippen molar-refractivity contribution in [1.29, 1.82) is 0 Å². The first-order chi connectivity index (χ1) is 17.9. The summed E-state index contributed by atoms with van der Waals surface area (Å²) in [4.78, 5) is 12.6. The van der Waals surface area contributed by atoms with Crippen molar-refractivity contribution >= 4 is 49.3 Å². The highest BCUT2D eigenvalue weighted by Crippen LogP contribution is 2.31. The second-order valence-electron chi connectivity index (χ2n) is 7.87. The molecule has 4 rings (SSSR count). The van der Waals surface area contributed by atoms with Gasteiger partial charge in [0.05, 0.1) is 10.0 Å². The van der Waals surface area contributed by atoms with Crippen molar-refractivity contribution in [2.75, 3.05) is 11.9 Å². The fourth-order valence-corrected chi connectivity index (χ4v) is 4.50. The van der Waals surface area contributed by atoms with E-state index in [2.05, 4.69) is 58.0 Å². The standard InChI is InChI=1S/C25H20Br2FN5O4/c26-15-5-3-4-14(12-15)17(10-11-29-25(35)18-6-1-2-7-21(18)34)22-23(33-37-32-22)24(31-36)30-16-8-9-20(28)19(27)13-16/h1-9,12-13,17,34,36H,10-11H2,(H,29,35)(H,30,31). The van der Waals surface area contributed by atoms with Gasteiger partial charge in [-0.15, -0.1) is 0 Å². The molecule has 0 radical (unpaired) electrons. The van der Waals surface area contributed by atoms with Crippen LogP contribution < -0.4 is 10.6 Å². The maximum atomic E-state index is 13.6. The number of rotatable bonds is 8. The van der Waals surface area contributed by atoms with Gasteiger partial charge < -0.3 is 20.9 Å². The summed E-state index contributed by atoms with van der Waals surface area (Å²) in [5, 5.41) is 36.7. The third kappa shape index (κ3) is 6.33. The summed E-state index contributed by atoms with van der Waals surface area (Å²) in [6, 6.07) is 18.0. The van der Waals surface area contributed by atoms with Gasteiger partial charge in [-0.3, -0.25) is 4.79 Å². The number of nitrogens with one attached hydrogen (secondary N) is 2. The van der Waals surface area contributed by atoms with Crippen LogP contribution in [0.25, 0.3) is 0 Å². The van der Waals surface area contributed by atoms with E-state index in [1.54, 1.807) is 12.1 Å². The van der Waals surface area contributed by atoms with E-state index >= 15 is 0 Å². The van der Waals surface area contributed by atoms with Crippen molar-refractivity contribution < 1.29 is 24.1 Å². The van der Waals surface area contributed by atoms with Gasteiger partial charge in [0.1, 0.15) is 17.3 Å². The SMILES string of the molecule is O=C(NCCC(c1cccc(Br)c1)c1nonc1C(=NO)Nc1ccc(F)c(Br)c1)c1ccccc1O. The van der Waals surface area contributed by atoms with Gasteiger partial charge >= 0.3 is 0 Å². The number of hydrogen-bond donors (Lipinski definition) is 4. The van der Waals surface area contributed by atoms with Gasteiger partial charge in [0.2, 0.25) is 5.84 Å². The van der Waals surface area contributed by atoms with E-state index in [-0.39, 0.29) is 33.9 Å². The van der Waals surface area contributed by atoms with Crippen LogP contribution >= 0.6 is 31.9 Å². The monoisotopic (exact) mass is 631 g/mol. The number of para-hydroxylation sites is 1. The van der Waals surface area contributed by atoms with Crippen molar-refractivity contribution in [2.24, 2.45) is 5.16 Å². The maximum absolute atomic E-state index is 13.6. The predicted molar refractivity (Wildman–Crippen MR) is 141 cm³/mol. The van der Waals surface area contributed by atoms with E-state index in [9.17, 15) is 19.5 Å². The number of carbonyl (C=O) groups is 1. The molecule has 4 aromatic rings. The number of amidine groups is 1. The molecule has 0 aliphatic heterocycles. The van der Waals surface area contributed by atoms with Crippen LogP contribution in [-0.2, 0) is 0 Å². The highest BCUT2D eigenvalue weighted by Gasteiger charge is 2.27. The number of anilines is 1. The Bertz CT molecular complexity index is 1450. The molecule has 0 fully saturated rings. The van der Waals surface area contributed by atoms with E-state index in [1.165, 1.54) is 30.3 Å². The summed E-state index contributed by atoms with van der Waals surface area (Å²) >= 11 is 6.60. The average molecular weight is 633 g/mol. The van der Waals surface area contributed by atoms with Crippen LogP contribution in [-0.4, -0.2) is 38.9 Å². The lowest BCUT2D eigenvalue weighted by molar-refractivity contribution is 0.0950. The fourth-order valence-electron chi connectivity index (χ4n) is 3.71. The minimum absolute atomic E-state index is 0.0620. The number of aromatic hydroxyl groups is 1. The van der Waals surface area contributed by atoms with Gasteiger partial charge in [-0.2, -0.15) is 0 Å². The summed E-state index contributed by atoms with van der Waals surface area (Å²) in [7, 11) is 0. The zero-order valence-corrected chi connectivity index (χ0v) is 22.2. The summed E-state index contributed by atoms with van der Waals surface area (Å²) < 4.78 is 19.7. The van der Waals surface area contributed by atoms with Crippen molar-refractivity contribution in [3.63, 3.8) is 0 Å². The average Bonchev–Trinajstić information content (AvgIpc) is 3.36. The third-order valence-electron chi connectivity index (χ3n) is 5.47. The number of carbonyl (C=O) groups excluding carboxylic acids is 1. The molecule has 1 unspecified atom stereocenters. The third-order valence-corrected chi connectivity index (χ3v) is 6.57. The van der Waals surface area contributed by atoms with Crippen LogP contribution in [0.2, 0.25) is 0 Å². The summed E-state index contributed by atoms with van der Waals surface area (Å²) in [6.45, 7) is 0.223.